The molecule has 4 atom stereocenters. The minimum Gasteiger partial charge on any atom is -0.391 e. The summed E-state index contributed by atoms with van der Waals surface area (Å²) >= 11 is 0. The second-order valence-electron chi connectivity index (χ2n) is 6.86. The quantitative estimate of drug-likeness (QED) is 0.636. The van der Waals surface area contributed by atoms with Crippen molar-refractivity contribution in [1.29, 1.82) is 0 Å². The van der Waals surface area contributed by atoms with Crippen LogP contribution in [0.1, 0.15) is 23.2 Å². The predicted octanol–water partition coefficient (Wildman–Crippen LogP) is 2.01. The first-order valence-corrected chi connectivity index (χ1v) is 8.49. The number of carbonyl (C=O) groups is 1. The number of halogens is 2. The lowest BCUT2D eigenvalue weighted by Crippen LogP contribution is -2.49. The highest BCUT2D eigenvalue weighted by atomic mass is 35.5. The van der Waals surface area contributed by atoms with E-state index in [2.05, 4.69) is 20.8 Å². The van der Waals surface area contributed by atoms with E-state index in [0.29, 0.717) is 17.4 Å². The molecule has 1 aromatic heterocycles. The van der Waals surface area contributed by atoms with Gasteiger partial charge in [0.05, 0.1) is 18.3 Å². The molecule has 2 fully saturated rings. The molecule has 2 aromatic rings. The van der Waals surface area contributed by atoms with Crippen molar-refractivity contribution in [2.24, 2.45) is 11.8 Å². The average molecular weight is 399 g/mol. The van der Waals surface area contributed by atoms with Crippen LogP contribution in [0, 0.1) is 11.8 Å². The van der Waals surface area contributed by atoms with Crippen molar-refractivity contribution in [3.8, 4) is 11.1 Å². The molecule has 1 saturated heterocycles. The summed E-state index contributed by atoms with van der Waals surface area (Å²) in [4.78, 5) is 12.6. The van der Waals surface area contributed by atoms with Crippen LogP contribution in [0.2, 0.25) is 0 Å². The molecule has 4 N–H and O–H groups in total. The van der Waals surface area contributed by atoms with E-state index in [-0.39, 0.29) is 36.8 Å². The van der Waals surface area contributed by atoms with Crippen LogP contribution in [0.4, 0.5) is 0 Å². The molecule has 1 aliphatic heterocycles. The first kappa shape index (κ1) is 20.7. The van der Waals surface area contributed by atoms with Crippen LogP contribution in [-0.4, -0.2) is 46.4 Å². The molecule has 6 nitrogen and oxygen atoms in total. The van der Waals surface area contributed by atoms with Crippen LogP contribution in [0.25, 0.3) is 11.1 Å². The van der Waals surface area contributed by atoms with E-state index in [1.165, 1.54) is 0 Å². The minimum absolute atomic E-state index is 0. The van der Waals surface area contributed by atoms with Gasteiger partial charge in [-0.25, -0.2) is 0 Å². The van der Waals surface area contributed by atoms with Crippen LogP contribution in [0.15, 0.2) is 36.7 Å². The maximum Gasteiger partial charge on any atom is 0.251 e. The fraction of sp³-hybridized carbons (Fsp3) is 0.444. The van der Waals surface area contributed by atoms with Gasteiger partial charge in [-0.15, -0.1) is 24.8 Å². The van der Waals surface area contributed by atoms with Crippen molar-refractivity contribution in [3.63, 3.8) is 0 Å². The third-order valence-corrected chi connectivity index (χ3v) is 5.32. The highest BCUT2D eigenvalue weighted by Gasteiger charge is 2.39. The Kier molecular flexibility index (Phi) is 7.06. The molecule has 0 unspecified atom stereocenters. The smallest absolute Gasteiger partial charge is 0.251 e. The van der Waals surface area contributed by atoms with E-state index in [1.807, 2.05) is 18.2 Å². The third kappa shape index (κ3) is 4.20. The largest absolute Gasteiger partial charge is 0.391 e. The van der Waals surface area contributed by atoms with Gasteiger partial charge < -0.3 is 15.7 Å². The summed E-state index contributed by atoms with van der Waals surface area (Å²) in [5.41, 5.74) is 2.50. The number of aromatic nitrogens is 2. The van der Waals surface area contributed by atoms with Gasteiger partial charge in [0.2, 0.25) is 0 Å². The molecule has 1 saturated carbocycles. The number of aliphatic hydroxyl groups is 1. The normalized spacial score (nSPS) is 27.0. The van der Waals surface area contributed by atoms with Gasteiger partial charge in [0.25, 0.3) is 5.91 Å². The zero-order chi connectivity index (χ0) is 16.5. The lowest BCUT2D eigenvalue weighted by molar-refractivity contribution is 0.0462. The van der Waals surface area contributed by atoms with Gasteiger partial charge in [-0.1, -0.05) is 12.1 Å². The zero-order valence-electron chi connectivity index (χ0n) is 14.2. The second-order valence-corrected chi connectivity index (χ2v) is 6.86. The number of hydrogen-bond donors (Lipinski definition) is 4. The fourth-order valence-corrected chi connectivity index (χ4v) is 3.95. The number of aliphatic hydroxyl groups excluding tert-OH is 1. The van der Waals surface area contributed by atoms with Crippen LogP contribution in [0.5, 0.6) is 0 Å². The average Bonchev–Trinajstić information content (AvgIpc) is 3.26. The first-order chi connectivity index (χ1) is 11.7. The second kappa shape index (κ2) is 8.86. The molecule has 2 heterocycles. The molecule has 142 valence electrons. The number of benzene rings is 1. The van der Waals surface area contributed by atoms with Crippen molar-refractivity contribution in [2.45, 2.75) is 25.0 Å². The molecule has 1 aromatic carbocycles. The third-order valence-electron chi connectivity index (χ3n) is 5.32. The summed E-state index contributed by atoms with van der Waals surface area (Å²) < 4.78 is 0. The van der Waals surface area contributed by atoms with Gasteiger partial charge in [-0.05, 0) is 55.5 Å². The summed E-state index contributed by atoms with van der Waals surface area (Å²) in [6.45, 7) is 1.97. The molecule has 26 heavy (non-hydrogen) atoms. The Morgan fingerprint density at radius 3 is 2.65 bits per heavy atom. The summed E-state index contributed by atoms with van der Waals surface area (Å²) in [5.74, 6) is 0.960. The first-order valence-electron chi connectivity index (χ1n) is 8.49. The number of carbonyl (C=O) groups excluding carboxylic acids is 1. The van der Waals surface area contributed by atoms with Gasteiger partial charge >= 0.3 is 0 Å². The fourth-order valence-electron chi connectivity index (χ4n) is 3.95. The van der Waals surface area contributed by atoms with Gasteiger partial charge in [0.15, 0.2) is 0 Å². The van der Waals surface area contributed by atoms with Crippen molar-refractivity contribution in [1.82, 2.24) is 20.8 Å². The molecule has 0 radical (unpaired) electrons. The van der Waals surface area contributed by atoms with Crippen LogP contribution in [0.3, 0.4) is 0 Å². The SMILES string of the molecule is Cl.Cl.O=C(N[C@H]1C[C@H]2CNC[C@H]2C[C@@H]1O)c1cccc(-c2cn[nH]c2)c1. The molecular formula is C18H24Cl2N4O2. The van der Waals surface area contributed by atoms with Crippen molar-refractivity contribution >= 4 is 30.7 Å². The number of nitrogens with one attached hydrogen (secondary N) is 3. The summed E-state index contributed by atoms with van der Waals surface area (Å²) in [7, 11) is 0. The lowest BCUT2D eigenvalue weighted by Gasteiger charge is -2.35. The number of amides is 1. The molecule has 2 aliphatic rings. The number of H-pyrrole nitrogens is 1. The van der Waals surface area contributed by atoms with Crippen molar-refractivity contribution in [3.05, 3.63) is 42.2 Å². The Bertz CT molecular complexity index is 726. The van der Waals surface area contributed by atoms with E-state index >= 15 is 0 Å². The minimum atomic E-state index is -0.466. The van der Waals surface area contributed by atoms with Gasteiger partial charge in [0, 0.05) is 17.3 Å². The Labute approximate surface area is 165 Å². The maximum atomic E-state index is 12.6. The predicted molar refractivity (Wildman–Crippen MR) is 105 cm³/mol. The van der Waals surface area contributed by atoms with E-state index in [1.54, 1.807) is 18.5 Å². The molecule has 0 bridgehead atoms. The highest BCUT2D eigenvalue weighted by Crippen LogP contribution is 2.33. The monoisotopic (exact) mass is 398 g/mol. The van der Waals surface area contributed by atoms with Crippen molar-refractivity contribution in [2.75, 3.05) is 13.1 Å². The maximum absolute atomic E-state index is 12.6. The number of nitrogens with zero attached hydrogens (tertiary/aromatic N) is 1. The molecule has 4 rings (SSSR count). The number of hydrogen-bond acceptors (Lipinski definition) is 4. The van der Waals surface area contributed by atoms with E-state index < -0.39 is 6.10 Å². The highest BCUT2D eigenvalue weighted by molar-refractivity contribution is 5.95. The standard InChI is InChI=1S/C18H22N4O2.2ClH/c23-17-6-14-8-19-7-13(14)5-16(17)22-18(24)12-3-1-2-11(4-12)15-9-20-21-10-15;;/h1-4,9-10,13-14,16-17,19,23H,5-8H2,(H,20,21)(H,22,24);2*1H/t13-,14+,16-,17-;;/m0../s1. The number of aromatic amines is 1. The van der Waals surface area contributed by atoms with Crippen LogP contribution in [-0.2, 0) is 0 Å². The molecule has 0 spiro atoms. The summed E-state index contributed by atoms with van der Waals surface area (Å²) in [6.07, 6.45) is 4.67. The Hall–Kier alpha value is -1.60. The Balaban J connectivity index is 0.00000121. The lowest BCUT2D eigenvalue weighted by atomic mass is 9.77. The molecule has 8 heteroatoms. The Morgan fingerprint density at radius 1 is 1.15 bits per heavy atom. The van der Waals surface area contributed by atoms with Gasteiger partial charge in [-0.3, -0.25) is 9.89 Å². The van der Waals surface area contributed by atoms with Gasteiger partial charge in [-0.2, -0.15) is 5.10 Å². The Morgan fingerprint density at radius 2 is 1.92 bits per heavy atom. The molecule has 1 aliphatic carbocycles. The van der Waals surface area contributed by atoms with E-state index in [4.69, 9.17) is 0 Å². The van der Waals surface area contributed by atoms with E-state index in [9.17, 15) is 9.90 Å². The zero-order valence-corrected chi connectivity index (χ0v) is 15.9. The topological polar surface area (TPSA) is 90.0 Å². The number of rotatable bonds is 3. The van der Waals surface area contributed by atoms with Gasteiger partial charge in [0.1, 0.15) is 0 Å². The van der Waals surface area contributed by atoms with Crippen LogP contribution >= 0.6 is 24.8 Å². The van der Waals surface area contributed by atoms with Crippen LogP contribution < -0.4 is 10.6 Å². The molecular weight excluding hydrogens is 375 g/mol. The summed E-state index contributed by atoms with van der Waals surface area (Å²) in [5, 5.41) is 23.5. The molecule has 1 amide bonds. The number of fused-ring (bicyclic) bond motifs is 1. The van der Waals surface area contributed by atoms with E-state index in [0.717, 1.165) is 37.1 Å². The summed E-state index contributed by atoms with van der Waals surface area (Å²) in [6, 6.07) is 7.30. The van der Waals surface area contributed by atoms with Crippen molar-refractivity contribution < 1.29 is 9.90 Å².